The van der Waals surface area contributed by atoms with E-state index < -0.39 is 24.0 Å². The number of nitrogens with two attached hydrogens (primary N) is 2. The zero-order valence-electron chi connectivity index (χ0n) is 15.4. The van der Waals surface area contributed by atoms with E-state index in [1.807, 2.05) is 12.1 Å². The van der Waals surface area contributed by atoms with Crippen molar-refractivity contribution >= 4 is 11.9 Å². The highest BCUT2D eigenvalue weighted by Crippen LogP contribution is 2.13. The predicted molar refractivity (Wildman–Crippen MR) is 103 cm³/mol. The molecule has 154 valence electrons. The number of aromatic hydroxyl groups is 1. The number of hydrogen-bond donors (Lipinski definition) is 5. The van der Waals surface area contributed by atoms with Crippen molar-refractivity contribution in [1.82, 2.24) is 0 Å². The van der Waals surface area contributed by atoms with Gasteiger partial charge in [0.1, 0.15) is 23.6 Å². The Kier molecular flexibility index (Phi) is 10.9. The van der Waals surface area contributed by atoms with Crippen LogP contribution in [-0.2, 0) is 22.4 Å². The van der Waals surface area contributed by atoms with Gasteiger partial charge in [-0.25, -0.2) is 0 Å². The Balaban J connectivity index is 0.000000504. The van der Waals surface area contributed by atoms with Crippen molar-refractivity contribution in [3.63, 3.8) is 0 Å². The first-order valence-electron chi connectivity index (χ1n) is 8.10. The fraction of sp³-hybridized carbons (Fsp3) is 0.263. The van der Waals surface area contributed by atoms with E-state index in [1.54, 1.807) is 31.4 Å². The van der Waals surface area contributed by atoms with Crippen molar-refractivity contribution in [2.24, 2.45) is 11.5 Å². The number of methoxy groups -OCH3 is 1. The Hall–Kier alpha value is -3.14. The third-order valence-electron chi connectivity index (χ3n) is 3.62. The largest absolute Gasteiger partial charge is 0.508 e. The minimum Gasteiger partial charge on any atom is -0.508 e. The normalized spacial score (nSPS) is 11.8. The Bertz CT molecular complexity index is 750. The standard InChI is InChI=1S/C10H13NO3.C9H11NO3.H2O/c1-14-8-4-2-7(3-5-8)6-9(11)10(12)13;10-8(9(12)13)5-6-2-1-3-7(11)4-6;/h2-5,9H,6,11H2,1H3,(H,12,13);1-4,8,11H,5,10H2,(H,12,13);1H2. The Morgan fingerprint density at radius 2 is 1.43 bits per heavy atom. The maximum atomic E-state index is 10.5. The molecule has 2 aromatic rings. The molecule has 0 aromatic heterocycles. The molecule has 0 saturated heterocycles. The van der Waals surface area contributed by atoms with Gasteiger partial charge in [0.15, 0.2) is 0 Å². The molecule has 0 saturated carbocycles. The van der Waals surface area contributed by atoms with Crippen molar-refractivity contribution in [2.75, 3.05) is 7.11 Å². The third kappa shape index (κ3) is 8.99. The summed E-state index contributed by atoms with van der Waals surface area (Å²) in [5.74, 6) is -1.16. The van der Waals surface area contributed by atoms with Crippen LogP contribution in [0.25, 0.3) is 0 Å². The number of carboxylic acids is 2. The molecule has 0 fully saturated rings. The SMILES string of the molecule is COc1ccc(CC(N)C(=O)O)cc1.NC(Cc1cccc(O)c1)C(=O)O.O. The zero-order chi connectivity index (χ0) is 20.4. The van der Waals surface area contributed by atoms with Gasteiger partial charge in [-0.05, 0) is 48.2 Å². The smallest absolute Gasteiger partial charge is 0.320 e. The molecule has 0 spiro atoms. The second-order valence-corrected chi connectivity index (χ2v) is 5.82. The van der Waals surface area contributed by atoms with E-state index in [-0.39, 0.29) is 17.6 Å². The van der Waals surface area contributed by atoms with Crippen LogP contribution in [0.2, 0.25) is 0 Å². The molecule has 2 rings (SSSR count). The second kappa shape index (κ2) is 12.3. The number of carbonyl (C=O) groups is 2. The number of hydrogen-bond acceptors (Lipinski definition) is 6. The first-order chi connectivity index (χ1) is 12.7. The fourth-order valence-corrected chi connectivity index (χ4v) is 2.13. The predicted octanol–water partition coefficient (Wildman–Crippen LogP) is 0.172. The van der Waals surface area contributed by atoms with Crippen molar-refractivity contribution in [3.8, 4) is 11.5 Å². The van der Waals surface area contributed by atoms with Gasteiger partial charge >= 0.3 is 11.9 Å². The average molecular weight is 394 g/mol. The first kappa shape index (κ1) is 24.9. The summed E-state index contributed by atoms with van der Waals surface area (Å²) in [6.07, 6.45) is 0.559. The lowest BCUT2D eigenvalue weighted by molar-refractivity contribution is -0.139. The molecule has 9 heteroatoms. The number of carboxylic acid groups (broad SMARTS) is 2. The van der Waals surface area contributed by atoms with Crippen LogP contribution in [0.1, 0.15) is 11.1 Å². The van der Waals surface area contributed by atoms with Crippen LogP contribution < -0.4 is 16.2 Å². The molecule has 0 aliphatic rings. The monoisotopic (exact) mass is 394 g/mol. The lowest BCUT2D eigenvalue weighted by Crippen LogP contribution is -2.32. The molecule has 0 amide bonds. The Labute approximate surface area is 162 Å². The zero-order valence-corrected chi connectivity index (χ0v) is 15.4. The van der Waals surface area contributed by atoms with Gasteiger partial charge < -0.3 is 37.0 Å². The van der Waals surface area contributed by atoms with Crippen molar-refractivity contribution in [2.45, 2.75) is 24.9 Å². The number of ether oxygens (including phenoxy) is 1. The summed E-state index contributed by atoms with van der Waals surface area (Å²) in [6.45, 7) is 0. The van der Waals surface area contributed by atoms with E-state index in [0.717, 1.165) is 16.9 Å². The number of benzene rings is 2. The van der Waals surface area contributed by atoms with Crippen LogP contribution in [0, 0.1) is 0 Å². The maximum Gasteiger partial charge on any atom is 0.320 e. The molecular formula is C19H26N2O7. The lowest BCUT2D eigenvalue weighted by Gasteiger charge is -2.06. The van der Waals surface area contributed by atoms with Crippen LogP contribution in [0.5, 0.6) is 11.5 Å². The number of aliphatic carboxylic acids is 2. The van der Waals surface area contributed by atoms with Gasteiger partial charge in [0.25, 0.3) is 0 Å². The van der Waals surface area contributed by atoms with Gasteiger partial charge in [-0.1, -0.05) is 24.3 Å². The molecule has 0 bridgehead atoms. The highest BCUT2D eigenvalue weighted by molar-refractivity contribution is 5.73. The minimum absolute atomic E-state index is 0. The molecule has 2 atom stereocenters. The number of phenolic OH excluding ortho intramolecular Hbond substituents is 1. The number of phenols is 1. The van der Waals surface area contributed by atoms with Gasteiger partial charge in [-0.3, -0.25) is 9.59 Å². The molecule has 0 heterocycles. The molecular weight excluding hydrogens is 368 g/mol. The van der Waals surface area contributed by atoms with Gasteiger partial charge in [0.2, 0.25) is 0 Å². The van der Waals surface area contributed by atoms with E-state index in [4.69, 9.17) is 31.5 Å². The van der Waals surface area contributed by atoms with E-state index in [0.29, 0.717) is 6.42 Å². The molecule has 2 aromatic carbocycles. The van der Waals surface area contributed by atoms with E-state index in [1.165, 1.54) is 12.1 Å². The third-order valence-corrected chi connectivity index (χ3v) is 3.62. The van der Waals surface area contributed by atoms with Crippen LogP contribution in [0.4, 0.5) is 0 Å². The quantitative estimate of drug-likeness (QED) is 0.439. The molecule has 9 N–H and O–H groups in total. The summed E-state index contributed by atoms with van der Waals surface area (Å²) in [5.41, 5.74) is 12.3. The highest BCUT2D eigenvalue weighted by Gasteiger charge is 2.12. The summed E-state index contributed by atoms with van der Waals surface area (Å²) in [7, 11) is 1.58. The van der Waals surface area contributed by atoms with E-state index in [9.17, 15) is 9.59 Å². The van der Waals surface area contributed by atoms with E-state index >= 15 is 0 Å². The molecule has 0 radical (unpaired) electrons. The van der Waals surface area contributed by atoms with E-state index in [2.05, 4.69) is 0 Å². The van der Waals surface area contributed by atoms with Gasteiger partial charge in [-0.15, -0.1) is 0 Å². The summed E-state index contributed by atoms with van der Waals surface area (Å²) in [5, 5.41) is 26.2. The molecule has 9 nitrogen and oxygen atoms in total. The first-order valence-corrected chi connectivity index (χ1v) is 8.10. The summed E-state index contributed by atoms with van der Waals surface area (Å²) >= 11 is 0. The maximum absolute atomic E-state index is 10.5. The topological polar surface area (TPSA) is 188 Å². The summed E-state index contributed by atoms with van der Waals surface area (Å²) < 4.78 is 4.97. The van der Waals surface area contributed by atoms with Crippen LogP contribution in [-0.4, -0.2) is 51.9 Å². The van der Waals surface area contributed by atoms with Crippen molar-refractivity contribution < 1.29 is 35.1 Å². The summed E-state index contributed by atoms with van der Waals surface area (Å²) in [4.78, 5) is 20.9. The van der Waals surface area contributed by atoms with Crippen molar-refractivity contribution in [1.29, 1.82) is 0 Å². The number of rotatable bonds is 7. The van der Waals surface area contributed by atoms with Gasteiger partial charge in [-0.2, -0.15) is 0 Å². The second-order valence-electron chi connectivity index (χ2n) is 5.82. The molecule has 2 unspecified atom stereocenters. The van der Waals surface area contributed by atoms with Crippen LogP contribution in [0.3, 0.4) is 0 Å². The lowest BCUT2D eigenvalue weighted by atomic mass is 10.1. The van der Waals surface area contributed by atoms with Crippen molar-refractivity contribution in [3.05, 3.63) is 59.7 Å². The summed E-state index contributed by atoms with van der Waals surface area (Å²) in [6, 6.07) is 11.8. The molecule has 28 heavy (non-hydrogen) atoms. The average Bonchev–Trinajstić information content (AvgIpc) is 2.62. The molecule has 0 aliphatic carbocycles. The minimum atomic E-state index is -1.04. The highest BCUT2D eigenvalue weighted by atomic mass is 16.5. The Morgan fingerprint density at radius 3 is 1.86 bits per heavy atom. The Morgan fingerprint density at radius 1 is 0.929 bits per heavy atom. The van der Waals surface area contributed by atoms with Crippen LogP contribution in [0.15, 0.2) is 48.5 Å². The fourth-order valence-electron chi connectivity index (χ4n) is 2.13. The van der Waals surface area contributed by atoms with Crippen LogP contribution >= 0.6 is 0 Å². The van der Waals surface area contributed by atoms with Gasteiger partial charge in [0.05, 0.1) is 7.11 Å². The van der Waals surface area contributed by atoms with Gasteiger partial charge in [0, 0.05) is 0 Å². The molecule has 0 aliphatic heterocycles.